The zero-order valence-corrected chi connectivity index (χ0v) is 15.0. The SMILES string of the molecule is COc1cc(OC)cc(-c2nnc(Cc3nc(-c4ccc(F)cc4)no3)o2)c1. The number of halogens is 1. The Kier molecular flexibility index (Phi) is 4.71. The maximum Gasteiger partial charge on any atom is 0.248 e. The van der Waals surface area contributed by atoms with E-state index in [0.717, 1.165) is 0 Å². The van der Waals surface area contributed by atoms with Gasteiger partial charge in [0.1, 0.15) is 23.7 Å². The second-order valence-corrected chi connectivity index (χ2v) is 5.80. The highest BCUT2D eigenvalue weighted by atomic mass is 19.1. The predicted molar refractivity (Wildman–Crippen MR) is 95.3 cm³/mol. The van der Waals surface area contributed by atoms with Gasteiger partial charge in [-0.3, -0.25) is 0 Å². The molecule has 2 aromatic heterocycles. The lowest BCUT2D eigenvalue weighted by molar-refractivity contribution is 0.373. The maximum atomic E-state index is 13.0. The average Bonchev–Trinajstić information content (AvgIpc) is 3.38. The lowest BCUT2D eigenvalue weighted by Gasteiger charge is -2.05. The first-order chi connectivity index (χ1) is 13.6. The Morgan fingerprint density at radius 1 is 0.893 bits per heavy atom. The van der Waals surface area contributed by atoms with E-state index < -0.39 is 0 Å². The molecule has 9 heteroatoms. The van der Waals surface area contributed by atoms with Gasteiger partial charge >= 0.3 is 0 Å². The van der Waals surface area contributed by atoms with Gasteiger partial charge in [-0.05, 0) is 36.4 Å². The van der Waals surface area contributed by atoms with Gasteiger partial charge in [0.05, 0.1) is 14.2 Å². The van der Waals surface area contributed by atoms with Crippen LogP contribution in [0.3, 0.4) is 0 Å². The third-order valence-corrected chi connectivity index (χ3v) is 3.94. The molecule has 8 nitrogen and oxygen atoms in total. The van der Waals surface area contributed by atoms with Gasteiger partial charge in [-0.25, -0.2) is 4.39 Å². The molecule has 2 aromatic carbocycles. The topological polar surface area (TPSA) is 96.3 Å². The minimum absolute atomic E-state index is 0.169. The van der Waals surface area contributed by atoms with Gasteiger partial charge in [0.25, 0.3) is 0 Å². The molecule has 0 saturated carbocycles. The fourth-order valence-electron chi connectivity index (χ4n) is 2.54. The van der Waals surface area contributed by atoms with Crippen molar-refractivity contribution in [2.24, 2.45) is 0 Å². The monoisotopic (exact) mass is 382 g/mol. The van der Waals surface area contributed by atoms with Crippen LogP contribution in [0.15, 0.2) is 51.4 Å². The van der Waals surface area contributed by atoms with Crippen LogP contribution in [0.2, 0.25) is 0 Å². The van der Waals surface area contributed by atoms with Crippen molar-refractivity contribution in [2.75, 3.05) is 14.2 Å². The summed E-state index contributed by atoms with van der Waals surface area (Å²) in [4.78, 5) is 4.27. The minimum Gasteiger partial charge on any atom is -0.497 e. The van der Waals surface area contributed by atoms with Gasteiger partial charge in [0.15, 0.2) is 0 Å². The van der Waals surface area contributed by atoms with Gasteiger partial charge < -0.3 is 18.4 Å². The molecule has 28 heavy (non-hydrogen) atoms. The van der Waals surface area contributed by atoms with Crippen LogP contribution in [-0.4, -0.2) is 34.6 Å². The molecular weight excluding hydrogens is 367 g/mol. The number of aromatic nitrogens is 4. The summed E-state index contributed by atoms with van der Waals surface area (Å²) in [7, 11) is 3.12. The zero-order chi connectivity index (χ0) is 19.5. The number of nitrogens with zero attached hydrogens (tertiary/aromatic N) is 4. The molecule has 0 aliphatic carbocycles. The third kappa shape index (κ3) is 3.68. The minimum atomic E-state index is -0.333. The van der Waals surface area contributed by atoms with Crippen molar-refractivity contribution in [3.05, 3.63) is 60.1 Å². The van der Waals surface area contributed by atoms with E-state index in [1.807, 2.05) is 0 Å². The molecule has 4 aromatic rings. The molecule has 0 amide bonds. The van der Waals surface area contributed by atoms with Crippen LogP contribution in [0.4, 0.5) is 4.39 Å². The third-order valence-electron chi connectivity index (χ3n) is 3.94. The molecule has 4 rings (SSSR count). The number of methoxy groups -OCH3 is 2. The molecule has 0 saturated heterocycles. The fraction of sp³-hybridized carbons (Fsp3) is 0.158. The molecule has 142 valence electrons. The number of rotatable bonds is 6. The van der Waals surface area contributed by atoms with Crippen LogP contribution in [0.1, 0.15) is 11.8 Å². The predicted octanol–water partition coefficient (Wildman–Crippen LogP) is 3.53. The van der Waals surface area contributed by atoms with E-state index in [9.17, 15) is 4.39 Å². The van der Waals surface area contributed by atoms with Crippen molar-refractivity contribution in [1.29, 1.82) is 0 Å². The Morgan fingerprint density at radius 3 is 2.29 bits per heavy atom. The van der Waals surface area contributed by atoms with Crippen molar-refractivity contribution in [2.45, 2.75) is 6.42 Å². The van der Waals surface area contributed by atoms with Crippen molar-refractivity contribution in [3.8, 4) is 34.3 Å². The quantitative estimate of drug-likeness (QED) is 0.500. The summed E-state index contributed by atoms with van der Waals surface area (Å²) in [5.41, 5.74) is 1.30. The van der Waals surface area contributed by atoms with Crippen molar-refractivity contribution in [1.82, 2.24) is 20.3 Å². The molecule has 0 bridgehead atoms. The summed E-state index contributed by atoms with van der Waals surface area (Å²) in [5, 5.41) is 12.0. The molecular formula is C19H15FN4O4. The fourth-order valence-corrected chi connectivity index (χ4v) is 2.54. The van der Waals surface area contributed by atoms with Crippen LogP contribution in [-0.2, 0) is 6.42 Å². The Bertz CT molecular complexity index is 1070. The highest BCUT2D eigenvalue weighted by molar-refractivity contribution is 5.59. The van der Waals surface area contributed by atoms with Gasteiger partial charge in [0.2, 0.25) is 23.5 Å². The Labute approximate surface area is 158 Å². The maximum absolute atomic E-state index is 13.0. The average molecular weight is 382 g/mol. The number of benzene rings is 2. The van der Waals surface area contributed by atoms with Crippen molar-refractivity contribution in [3.63, 3.8) is 0 Å². The first-order valence-corrected chi connectivity index (χ1v) is 8.29. The van der Waals surface area contributed by atoms with Crippen LogP contribution in [0.5, 0.6) is 11.5 Å². The highest BCUT2D eigenvalue weighted by Crippen LogP contribution is 2.29. The smallest absolute Gasteiger partial charge is 0.248 e. The van der Waals surface area contributed by atoms with E-state index >= 15 is 0 Å². The Balaban J connectivity index is 1.54. The van der Waals surface area contributed by atoms with Gasteiger partial charge in [-0.2, -0.15) is 4.98 Å². The molecule has 0 aliphatic rings. The van der Waals surface area contributed by atoms with E-state index in [2.05, 4.69) is 20.3 Å². The first kappa shape index (κ1) is 17.7. The van der Waals surface area contributed by atoms with E-state index in [-0.39, 0.29) is 12.2 Å². The second-order valence-electron chi connectivity index (χ2n) is 5.80. The second kappa shape index (κ2) is 7.47. The summed E-state index contributed by atoms with van der Waals surface area (Å²) >= 11 is 0. The number of ether oxygens (including phenoxy) is 2. The summed E-state index contributed by atoms with van der Waals surface area (Å²) in [6, 6.07) is 11.1. The van der Waals surface area contributed by atoms with Gasteiger partial charge in [-0.1, -0.05) is 5.16 Å². The van der Waals surface area contributed by atoms with Gasteiger partial charge in [0, 0.05) is 17.2 Å². The lowest BCUT2D eigenvalue weighted by atomic mass is 10.2. The van der Waals surface area contributed by atoms with E-state index in [0.29, 0.717) is 46.1 Å². The number of hydrogen-bond acceptors (Lipinski definition) is 8. The largest absolute Gasteiger partial charge is 0.497 e. The lowest BCUT2D eigenvalue weighted by Crippen LogP contribution is -1.89. The van der Waals surface area contributed by atoms with E-state index in [1.54, 1.807) is 44.6 Å². The Hall–Kier alpha value is -3.75. The molecule has 0 fully saturated rings. The summed E-state index contributed by atoms with van der Waals surface area (Å²) in [5.74, 6) is 2.16. The highest BCUT2D eigenvalue weighted by Gasteiger charge is 2.15. The molecule has 0 aliphatic heterocycles. The molecule has 0 atom stereocenters. The first-order valence-electron chi connectivity index (χ1n) is 8.29. The van der Waals surface area contributed by atoms with Gasteiger partial charge in [-0.15, -0.1) is 10.2 Å². The molecule has 0 unspecified atom stereocenters. The Morgan fingerprint density at radius 2 is 1.61 bits per heavy atom. The molecule has 2 heterocycles. The summed E-state index contributed by atoms with van der Waals surface area (Å²) in [6.07, 6.45) is 0.169. The normalized spacial score (nSPS) is 10.8. The van der Waals surface area contributed by atoms with E-state index in [4.69, 9.17) is 18.4 Å². The van der Waals surface area contributed by atoms with Crippen LogP contribution in [0, 0.1) is 5.82 Å². The van der Waals surface area contributed by atoms with Crippen molar-refractivity contribution < 1.29 is 22.8 Å². The zero-order valence-electron chi connectivity index (χ0n) is 15.0. The van der Waals surface area contributed by atoms with Crippen LogP contribution in [0.25, 0.3) is 22.8 Å². The number of hydrogen-bond donors (Lipinski definition) is 0. The van der Waals surface area contributed by atoms with E-state index in [1.165, 1.54) is 12.1 Å². The molecule has 0 N–H and O–H groups in total. The molecule has 0 radical (unpaired) electrons. The summed E-state index contributed by atoms with van der Waals surface area (Å²) in [6.45, 7) is 0. The summed E-state index contributed by atoms with van der Waals surface area (Å²) < 4.78 is 34.4. The van der Waals surface area contributed by atoms with Crippen molar-refractivity contribution >= 4 is 0 Å². The van der Waals surface area contributed by atoms with Crippen LogP contribution < -0.4 is 9.47 Å². The standard InChI is InChI=1S/C19H15FN4O4/c1-25-14-7-12(8-15(9-14)26-2)19-23-22-17(27-19)10-16-21-18(24-28-16)11-3-5-13(20)6-4-11/h3-9H,10H2,1-2H3. The van der Waals surface area contributed by atoms with Crippen LogP contribution >= 0.6 is 0 Å². The molecule has 0 spiro atoms.